The van der Waals surface area contributed by atoms with Gasteiger partial charge in [-0.2, -0.15) is 4.57 Å². The molecule has 1 aromatic heterocycles. The number of hydrogen-bond donors (Lipinski definition) is 0. The molecule has 0 saturated carbocycles. The summed E-state index contributed by atoms with van der Waals surface area (Å²) in [6, 6.07) is 14.2. The minimum absolute atomic E-state index is 0.0430. The lowest BCUT2D eigenvalue weighted by Gasteiger charge is -2.43. The number of hydrogen-bond acceptors (Lipinski definition) is 1. The second kappa shape index (κ2) is 7.48. The van der Waals surface area contributed by atoms with Gasteiger partial charge in [-0.05, 0) is 37.0 Å². The summed E-state index contributed by atoms with van der Waals surface area (Å²) >= 11 is 0. The highest BCUT2D eigenvalue weighted by atomic mass is 15.4. The maximum atomic E-state index is 4.24. The number of aromatic nitrogens is 1. The summed E-state index contributed by atoms with van der Waals surface area (Å²) in [4.78, 5) is 2.85. The van der Waals surface area contributed by atoms with Crippen LogP contribution in [0.3, 0.4) is 0 Å². The van der Waals surface area contributed by atoms with E-state index in [9.17, 15) is 0 Å². The Bertz CT molecular complexity index is 870. The summed E-state index contributed by atoms with van der Waals surface area (Å²) in [5, 5.41) is 0. The number of rotatable bonds is 1. The van der Waals surface area contributed by atoms with Gasteiger partial charge in [0.25, 0.3) is 0 Å². The van der Waals surface area contributed by atoms with Gasteiger partial charge in [-0.15, -0.1) is 6.58 Å². The Hall–Kier alpha value is -1.93. The average molecular weight is 376 g/mol. The number of benzene rings is 1. The fourth-order valence-corrected chi connectivity index (χ4v) is 6.32. The fraction of sp³-hybridized carbons (Fsp3) is 0.500. The molecule has 4 heterocycles. The van der Waals surface area contributed by atoms with Crippen molar-refractivity contribution in [2.24, 2.45) is 11.8 Å². The highest BCUT2D eigenvalue weighted by Crippen LogP contribution is 2.51. The van der Waals surface area contributed by atoms with Gasteiger partial charge in [0.15, 0.2) is 6.20 Å². The molecule has 1 spiro atoms. The SMILES string of the molecule is C=CC1C2CCCCN2C2(Cc3cccc(C)c3-c3cccc[n+]32)C1C.CC. The maximum Gasteiger partial charge on any atom is 0.232 e. The lowest BCUT2D eigenvalue weighted by molar-refractivity contribution is -0.786. The second-order valence-electron chi connectivity index (χ2n) is 8.48. The highest BCUT2D eigenvalue weighted by molar-refractivity contribution is 5.66. The predicted octanol–water partition coefficient (Wildman–Crippen LogP) is 5.49. The Labute approximate surface area is 170 Å². The van der Waals surface area contributed by atoms with Gasteiger partial charge >= 0.3 is 0 Å². The molecule has 1 aromatic carbocycles. The van der Waals surface area contributed by atoms with Crippen molar-refractivity contribution in [1.82, 2.24) is 4.90 Å². The van der Waals surface area contributed by atoms with Crippen LogP contribution in [0.5, 0.6) is 0 Å². The average Bonchev–Trinajstić information content (AvgIpc) is 2.98. The van der Waals surface area contributed by atoms with E-state index in [2.05, 4.69) is 78.6 Å². The summed E-state index contributed by atoms with van der Waals surface area (Å²) in [6.07, 6.45) is 9.67. The van der Waals surface area contributed by atoms with Crippen molar-refractivity contribution in [2.45, 2.75) is 65.1 Å². The topological polar surface area (TPSA) is 7.12 Å². The van der Waals surface area contributed by atoms with E-state index >= 15 is 0 Å². The molecule has 0 bridgehead atoms. The zero-order valence-electron chi connectivity index (χ0n) is 18.0. The van der Waals surface area contributed by atoms with Gasteiger partial charge in [-0.1, -0.05) is 51.5 Å². The molecule has 0 aliphatic carbocycles. The molecule has 148 valence electrons. The Balaban J connectivity index is 0.000000932. The molecule has 2 aromatic rings. The van der Waals surface area contributed by atoms with E-state index in [4.69, 9.17) is 0 Å². The van der Waals surface area contributed by atoms with E-state index in [0.717, 1.165) is 6.42 Å². The minimum Gasteiger partial charge on any atom is -0.239 e. The van der Waals surface area contributed by atoms with Crippen LogP contribution < -0.4 is 4.57 Å². The van der Waals surface area contributed by atoms with Crippen LogP contribution in [-0.4, -0.2) is 17.5 Å². The Morgan fingerprint density at radius 2 is 1.96 bits per heavy atom. The first-order valence-corrected chi connectivity index (χ1v) is 11.2. The van der Waals surface area contributed by atoms with E-state index in [0.29, 0.717) is 17.9 Å². The molecule has 5 rings (SSSR count). The third-order valence-corrected chi connectivity index (χ3v) is 7.41. The van der Waals surface area contributed by atoms with Crippen molar-refractivity contribution in [3.05, 3.63) is 66.4 Å². The van der Waals surface area contributed by atoms with Gasteiger partial charge in [0, 0.05) is 36.6 Å². The first kappa shape index (κ1) is 19.4. The number of fused-ring (bicyclic) bond motifs is 6. The molecule has 4 unspecified atom stereocenters. The van der Waals surface area contributed by atoms with Gasteiger partial charge in [-0.25, -0.2) is 4.90 Å². The summed E-state index contributed by atoms with van der Waals surface area (Å²) in [5.41, 5.74) is 5.77. The number of nitrogens with zero attached hydrogens (tertiary/aromatic N) is 2. The van der Waals surface area contributed by atoms with Gasteiger partial charge in [0.1, 0.15) is 0 Å². The molecular weight excluding hydrogens is 340 g/mol. The Morgan fingerprint density at radius 1 is 1.14 bits per heavy atom. The zero-order chi connectivity index (χ0) is 19.9. The second-order valence-corrected chi connectivity index (χ2v) is 8.48. The third-order valence-electron chi connectivity index (χ3n) is 7.41. The Kier molecular flexibility index (Phi) is 5.18. The van der Waals surface area contributed by atoms with Gasteiger partial charge in [0.05, 0.1) is 12.0 Å². The van der Waals surface area contributed by atoms with Crippen LogP contribution in [0.2, 0.25) is 0 Å². The van der Waals surface area contributed by atoms with Crippen molar-refractivity contribution in [3.63, 3.8) is 0 Å². The van der Waals surface area contributed by atoms with Crippen LogP contribution >= 0.6 is 0 Å². The molecule has 2 nitrogen and oxygen atoms in total. The van der Waals surface area contributed by atoms with Gasteiger partial charge in [0.2, 0.25) is 11.4 Å². The molecule has 2 heteroatoms. The molecule has 2 saturated heterocycles. The standard InChI is InChI=1S/C24H29N2.C2H6/c1-4-20-18(3)24(25-14-7-5-12-21(20)25)16-19-11-9-10-17(2)23(19)22-13-6-8-15-26(22)24;1-2/h4,6,8-11,13,15,18,20-21H,1,5,7,12,14,16H2,2-3H3;1-2H3/q+1;. The minimum atomic E-state index is 0.0430. The summed E-state index contributed by atoms with van der Waals surface area (Å²) in [5.74, 6) is 1.13. The highest BCUT2D eigenvalue weighted by Gasteiger charge is 2.64. The zero-order valence-corrected chi connectivity index (χ0v) is 18.0. The van der Waals surface area contributed by atoms with E-state index in [-0.39, 0.29) is 5.66 Å². The van der Waals surface area contributed by atoms with Crippen LogP contribution in [0.15, 0.2) is 55.3 Å². The van der Waals surface area contributed by atoms with Gasteiger partial charge < -0.3 is 0 Å². The van der Waals surface area contributed by atoms with Crippen LogP contribution in [0.25, 0.3) is 11.3 Å². The van der Waals surface area contributed by atoms with E-state index < -0.39 is 0 Å². The number of aryl methyl sites for hydroxylation is 1. The third kappa shape index (κ3) is 2.54. The van der Waals surface area contributed by atoms with Gasteiger partial charge in [-0.3, -0.25) is 0 Å². The number of pyridine rings is 1. The molecule has 28 heavy (non-hydrogen) atoms. The Morgan fingerprint density at radius 3 is 2.75 bits per heavy atom. The van der Waals surface area contributed by atoms with E-state index in [1.165, 1.54) is 48.2 Å². The van der Waals surface area contributed by atoms with Crippen molar-refractivity contribution in [2.75, 3.05) is 6.54 Å². The molecule has 3 aliphatic rings. The van der Waals surface area contributed by atoms with Crippen LogP contribution in [0, 0.1) is 18.8 Å². The molecule has 0 amide bonds. The van der Waals surface area contributed by atoms with Crippen LogP contribution in [0.1, 0.15) is 51.2 Å². The van der Waals surface area contributed by atoms with Crippen molar-refractivity contribution in [3.8, 4) is 11.3 Å². The number of piperidine rings is 1. The maximum absolute atomic E-state index is 4.24. The molecule has 0 N–H and O–H groups in total. The summed E-state index contributed by atoms with van der Waals surface area (Å²) < 4.78 is 2.62. The quantitative estimate of drug-likeness (QED) is 0.472. The van der Waals surface area contributed by atoms with Crippen LogP contribution in [-0.2, 0) is 12.1 Å². The fourth-order valence-electron chi connectivity index (χ4n) is 6.32. The van der Waals surface area contributed by atoms with Crippen molar-refractivity contribution in [1.29, 1.82) is 0 Å². The lowest BCUT2D eigenvalue weighted by atomic mass is 9.77. The molecule has 4 atom stereocenters. The smallest absolute Gasteiger partial charge is 0.232 e. The van der Waals surface area contributed by atoms with Crippen molar-refractivity contribution >= 4 is 0 Å². The van der Waals surface area contributed by atoms with E-state index in [1.807, 2.05) is 13.8 Å². The van der Waals surface area contributed by atoms with Crippen molar-refractivity contribution < 1.29 is 4.57 Å². The van der Waals surface area contributed by atoms with E-state index in [1.54, 1.807) is 0 Å². The summed E-state index contributed by atoms with van der Waals surface area (Å²) in [6.45, 7) is 14.2. The normalized spacial score (nSPS) is 30.6. The molecule has 3 aliphatic heterocycles. The summed E-state index contributed by atoms with van der Waals surface area (Å²) in [7, 11) is 0. The molecule has 2 fully saturated rings. The predicted molar refractivity (Wildman–Crippen MR) is 117 cm³/mol. The van der Waals surface area contributed by atoms with Crippen LogP contribution in [0.4, 0.5) is 0 Å². The molecular formula is C26H35N2+. The monoisotopic (exact) mass is 375 g/mol. The molecule has 0 radical (unpaired) electrons. The largest absolute Gasteiger partial charge is 0.239 e. The lowest BCUT2D eigenvalue weighted by Crippen LogP contribution is -2.70. The first-order valence-electron chi connectivity index (χ1n) is 11.2. The first-order chi connectivity index (χ1) is 13.7.